The van der Waals surface area contributed by atoms with Crippen molar-refractivity contribution in [2.45, 2.75) is 12.8 Å². The zero-order valence-electron chi connectivity index (χ0n) is 9.80. The number of carbonyl (C=O) groups excluding carboxylic acids is 1. The van der Waals surface area contributed by atoms with Gasteiger partial charge in [-0.05, 0) is 18.9 Å². The Labute approximate surface area is 100.0 Å². The van der Waals surface area contributed by atoms with Gasteiger partial charge in [0.1, 0.15) is 0 Å². The standard InChI is InChI=1S/C11H16N4O2/c1-17-14-10(16)9-4-2-7-15(8-9)11-12-5-3-6-13-11/h3,5-6,9H,2,4,7-8H2,1H3,(H,14,16). The van der Waals surface area contributed by atoms with Crippen molar-refractivity contribution in [1.82, 2.24) is 15.4 Å². The number of aromatic nitrogens is 2. The van der Waals surface area contributed by atoms with Gasteiger partial charge in [-0.3, -0.25) is 9.63 Å². The minimum atomic E-state index is -0.0758. The second-order valence-corrected chi connectivity index (χ2v) is 4.00. The van der Waals surface area contributed by atoms with Crippen molar-refractivity contribution in [3.63, 3.8) is 0 Å². The van der Waals surface area contributed by atoms with Crippen molar-refractivity contribution < 1.29 is 9.63 Å². The molecule has 1 N–H and O–H groups in total. The Bertz CT molecular complexity index is 371. The Balaban J connectivity index is 2.00. The molecular formula is C11H16N4O2. The molecule has 1 aromatic rings. The average Bonchev–Trinajstić information content (AvgIpc) is 2.40. The maximum atomic E-state index is 11.7. The fourth-order valence-corrected chi connectivity index (χ4v) is 2.01. The summed E-state index contributed by atoms with van der Waals surface area (Å²) in [5.41, 5.74) is 2.38. The number of piperidine rings is 1. The summed E-state index contributed by atoms with van der Waals surface area (Å²) in [4.78, 5) is 26.7. The highest BCUT2D eigenvalue weighted by Gasteiger charge is 2.26. The molecule has 1 aromatic heterocycles. The summed E-state index contributed by atoms with van der Waals surface area (Å²) in [7, 11) is 1.44. The summed E-state index contributed by atoms with van der Waals surface area (Å²) < 4.78 is 0. The topological polar surface area (TPSA) is 67.3 Å². The van der Waals surface area contributed by atoms with Gasteiger partial charge in [-0.15, -0.1) is 0 Å². The van der Waals surface area contributed by atoms with Gasteiger partial charge in [0.2, 0.25) is 11.9 Å². The van der Waals surface area contributed by atoms with Crippen LogP contribution in [-0.4, -0.2) is 36.1 Å². The van der Waals surface area contributed by atoms with E-state index in [1.807, 2.05) is 4.90 Å². The van der Waals surface area contributed by atoms with Crippen molar-refractivity contribution in [2.75, 3.05) is 25.1 Å². The van der Waals surface area contributed by atoms with Crippen molar-refractivity contribution in [1.29, 1.82) is 0 Å². The Hall–Kier alpha value is -1.69. The summed E-state index contributed by atoms with van der Waals surface area (Å²) in [5, 5.41) is 0. The molecule has 1 saturated heterocycles. The minimum Gasteiger partial charge on any atom is -0.340 e. The molecule has 1 aliphatic rings. The number of nitrogens with zero attached hydrogens (tertiary/aromatic N) is 3. The summed E-state index contributed by atoms with van der Waals surface area (Å²) in [5.74, 6) is 0.544. The third-order valence-electron chi connectivity index (χ3n) is 2.83. The highest BCUT2D eigenvalue weighted by Crippen LogP contribution is 2.19. The number of hydroxylamine groups is 1. The fourth-order valence-electron chi connectivity index (χ4n) is 2.01. The van der Waals surface area contributed by atoms with E-state index in [0.717, 1.165) is 19.4 Å². The first kappa shape index (κ1) is 11.8. The molecule has 1 aliphatic heterocycles. The largest absolute Gasteiger partial charge is 0.340 e. The molecule has 17 heavy (non-hydrogen) atoms. The van der Waals surface area contributed by atoms with Crippen LogP contribution in [0.15, 0.2) is 18.5 Å². The van der Waals surface area contributed by atoms with Crippen LogP contribution in [-0.2, 0) is 9.63 Å². The lowest BCUT2D eigenvalue weighted by molar-refractivity contribution is -0.135. The van der Waals surface area contributed by atoms with Crippen LogP contribution in [0.5, 0.6) is 0 Å². The van der Waals surface area contributed by atoms with E-state index in [1.54, 1.807) is 18.5 Å². The van der Waals surface area contributed by atoms with E-state index in [4.69, 9.17) is 0 Å². The van der Waals surface area contributed by atoms with Gasteiger partial charge in [0, 0.05) is 25.5 Å². The molecule has 0 radical (unpaired) electrons. The molecule has 0 aromatic carbocycles. The number of hydrogen-bond donors (Lipinski definition) is 1. The Morgan fingerprint density at radius 3 is 3.00 bits per heavy atom. The maximum Gasteiger partial charge on any atom is 0.248 e. The van der Waals surface area contributed by atoms with Crippen LogP contribution in [0.4, 0.5) is 5.95 Å². The monoisotopic (exact) mass is 236 g/mol. The van der Waals surface area contributed by atoms with Crippen LogP contribution < -0.4 is 10.4 Å². The first-order chi connectivity index (χ1) is 8.31. The van der Waals surface area contributed by atoms with Gasteiger partial charge in [-0.25, -0.2) is 15.4 Å². The molecule has 0 spiro atoms. The van der Waals surface area contributed by atoms with Gasteiger partial charge in [-0.2, -0.15) is 0 Å². The zero-order valence-corrected chi connectivity index (χ0v) is 9.80. The summed E-state index contributed by atoms with van der Waals surface area (Å²) >= 11 is 0. The van der Waals surface area contributed by atoms with Crippen molar-refractivity contribution in [2.24, 2.45) is 5.92 Å². The van der Waals surface area contributed by atoms with Crippen LogP contribution >= 0.6 is 0 Å². The number of amides is 1. The van der Waals surface area contributed by atoms with E-state index >= 15 is 0 Å². The number of nitrogens with one attached hydrogen (secondary N) is 1. The highest BCUT2D eigenvalue weighted by molar-refractivity contribution is 5.78. The van der Waals surface area contributed by atoms with E-state index in [9.17, 15) is 4.79 Å². The van der Waals surface area contributed by atoms with Crippen molar-refractivity contribution in [3.8, 4) is 0 Å². The van der Waals surface area contributed by atoms with Crippen LogP contribution in [0.1, 0.15) is 12.8 Å². The van der Waals surface area contributed by atoms with Gasteiger partial charge in [0.25, 0.3) is 0 Å². The Morgan fingerprint density at radius 1 is 1.53 bits per heavy atom. The van der Waals surface area contributed by atoms with Crippen LogP contribution in [0.3, 0.4) is 0 Å². The third-order valence-corrected chi connectivity index (χ3v) is 2.83. The van der Waals surface area contributed by atoms with E-state index in [1.165, 1.54) is 7.11 Å². The lowest BCUT2D eigenvalue weighted by Crippen LogP contribution is -2.43. The molecule has 92 valence electrons. The molecule has 6 nitrogen and oxygen atoms in total. The second-order valence-electron chi connectivity index (χ2n) is 4.00. The SMILES string of the molecule is CONC(=O)C1CCCN(c2ncccn2)C1. The third kappa shape index (κ3) is 2.91. The summed E-state index contributed by atoms with van der Waals surface area (Å²) in [6.07, 6.45) is 5.25. The molecule has 2 heterocycles. The molecule has 2 rings (SSSR count). The lowest BCUT2D eigenvalue weighted by Gasteiger charge is -2.31. The molecule has 6 heteroatoms. The predicted molar refractivity (Wildman–Crippen MR) is 62.1 cm³/mol. The van der Waals surface area contributed by atoms with Gasteiger partial charge in [0.15, 0.2) is 0 Å². The van der Waals surface area contributed by atoms with E-state index in [2.05, 4.69) is 20.3 Å². The smallest absolute Gasteiger partial charge is 0.248 e. The van der Waals surface area contributed by atoms with Crippen molar-refractivity contribution in [3.05, 3.63) is 18.5 Å². The van der Waals surface area contributed by atoms with Crippen LogP contribution in [0.2, 0.25) is 0 Å². The van der Waals surface area contributed by atoms with Gasteiger partial charge in [0.05, 0.1) is 13.0 Å². The number of carbonyl (C=O) groups is 1. The van der Waals surface area contributed by atoms with E-state index in [0.29, 0.717) is 12.5 Å². The quantitative estimate of drug-likeness (QED) is 0.768. The highest BCUT2D eigenvalue weighted by atomic mass is 16.6. The average molecular weight is 236 g/mol. The zero-order chi connectivity index (χ0) is 12.1. The number of rotatable bonds is 3. The molecule has 0 aliphatic carbocycles. The summed E-state index contributed by atoms with van der Waals surface area (Å²) in [6, 6.07) is 1.78. The maximum absolute atomic E-state index is 11.7. The normalized spacial score (nSPS) is 20.1. The van der Waals surface area contributed by atoms with E-state index in [-0.39, 0.29) is 11.8 Å². The second kappa shape index (κ2) is 5.58. The molecule has 1 unspecified atom stereocenters. The molecule has 0 saturated carbocycles. The molecule has 1 fully saturated rings. The molecule has 1 atom stereocenters. The Kier molecular flexibility index (Phi) is 3.87. The minimum absolute atomic E-state index is 0.0625. The molecular weight excluding hydrogens is 220 g/mol. The fraction of sp³-hybridized carbons (Fsp3) is 0.545. The van der Waals surface area contributed by atoms with Crippen molar-refractivity contribution >= 4 is 11.9 Å². The number of hydrogen-bond acceptors (Lipinski definition) is 5. The Morgan fingerprint density at radius 2 is 2.29 bits per heavy atom. The first-order valence-electron chi connectivity index (χ1n) is 5.66. The summed E-state index contributed by atoms with van der Waals surface area (Å²) in [6.45, 7) is 1.53. The van der Waals surface area contributed by atoms with E-state index < -0.39 is 0 Å². The number of anilines is 1. The van der Waals surface area contributed by atoms with Gasteiger partial charge in [-0.1, -0.05) is 0 Å². The first-order valence-corrected chi connectivity index (χ1v) is 5.66. The lowest BCUT2D eigenvalue weighted by atomic mass is 9.98. The predicted octanol–water partition coefficient (Wildman–Crippen LogP) is 0.371. The van der Waals surface area contributed by atoms with Crippen LogP contribution in [0, 0.1) is 5.92 Å². The van der Waals surface area contributed by atoms with Crippen LogP contribution in [0.25, 0.3) is 0 Å². The van der Waals surface area contributed by atoms with Gasteiger partial charge >= 0.3 is 0 Å². The molecule has 0 bridgehead atoms. The molecule has 1 amide bonds. The van der Waals surface area contributed by atoms with Gasteiger partial charge < -0.3 is 4.90 Å².